The van der Waals surface area contributed by atoms with Gasteiger partial charge in [-0.15, -0.1) is 0 Å². The molecule has 2 N–H and O–H groups in total. The van der Waals surface area contributed by atoms with Gasteiger partial charge in [0.25, 0.3) is 0 Å². The lowest BCUT2D eigenvalue weighted by Crippen LogP contribution is -2.49. The van der Waals surface area contributed by atoms with Gasteiger partial charge in [-0.3, -0.25) is 0 Å². The number of nitrogens with one attached hydrogen (secondary N) is 1. The van der Waals surface area contributed by atoms with Crippen molar-refractivity contribution in [3.63, 3.8) is 0 Å². The van der Waals surface area contributed by atoms with E-state index in [1.165, 1.54) is 37.7 Å². The molecule has 2 fully saturated rings. The topological polar surface area (TPSA) is 32.3 Å². The zero-order chi connectivity index (χ0) is 11.0. The fraction of sp³-hybridized carbons (Fsp3) is 0.571. The molecule has 86 valence electrons. The van der Waals surface area contributed by atoms with Crippen LogP contribution in [0.15, 0.2) is 24.3 Å². The fourth-order valence-corrected chi connectivity index (χ4v) is 3.52. The van der Waals surface area contributed by atoms with Gasteiger partial charge in [-0.25, -0.2) is 0 Å². The number of rotatable bonds is 1. The first-order valence-corrected chi connectivity index (χ1v) is 6.31. The van der Waals surface area contributed by atoms with Crippen molar-refractivity contribution >= 4 is 0 Å². The molecule has 3 rings (SSSR count). The van der Waals surface area contributed by atoms with Crippen LogP contribution >= 0.6 is 0 Å². The van der Waals surface area contributed by atoms with Crippen LogP contribution in [0.3, 0.4) is 0 Å². The number of hydrogen-bond donors (Lipinski definition) is 2. The highest BCUT2D eigenvalue weighted by Crippen LogP contribution is 2.44. The molecule has 1 aromatic carbocycles. The minimum absolute atomic E-state index is 0.340. The molecule has 0 spiro atoms. The molecule has 1 saturated carbocycles. The van der Waals surface area contributed by atoms with Gasteiger partial charge < -0.3 is 10.4 Å². The number of fused-ring (bicyclic) bond motifs is 2. The standard InChI is InChI=1S/C14H19NO/c16-13-5-1-3-11(9-13)14-6-2-4-12(10-14)15-8-7-14/h1,3,5,9,12,15-16H,2,4,6-8,10H2/t12-,14+/m0/s1. The molecule has 0 radical (unpaired) electrons. The van der Waals surface area contributed by atoms with Gasteiger partial charge in [-0.1, -0.05) is 18.6 Å². The molecule has 16 heavy (non-hydrogen) atoms. The normalized spacial score (nSPS) is 33.6. The zero-order valence-electron chi connectivity index (χ0n) is 9.58. The Morgan fingerprint density at radius 1 is 1.31 bits per heavy atom. The van der Waals surface area contributed by atoms with Crippen molar-refractivity contribution in [3.05, 3.63) is 29.8 Å². The molecule has 0 unspecified atom stereocenters. The summed E-state index contributed by atoms with van der Waals surface area (Å²) in [5, 5.41) is 13.2. The van der Waals surface area contributed by atoms with Gasteiger partial charge >= 0.3 is 0 Å². The van der Waals surface area contributed by atoms with Crippen molar-refractivity contribution in [1.29, 1.82) is 0 Å². The molecule has 2 aliphatic rings. The predicted molar refractivity (Wildman–Crippen MR) is 64.7 cm³/mol. The number of benzene rings is 1. The van der Waals surface area contributed by atoms with E-state index in [4.69, 9.17) is 0 Å². The van der Waals surface area contributed by atoms with Gasteiger partial charge in [0.1, 0.15) is 5.75 Å². The van der Waals surface area contributed by atoms with Crippen LogP contribution in [0.25, 0.3) is 0 Å². The lowest BCUT2D eigenvalue weighted by molar-refractivity contribution is 0.180. The maximum atomic E-state index is 9.62. The average molecular weight is 217 g/mol. The van der Waals surface area contributed by atoms with Crippen molar-refractivity contribution in [3.8, 4) is 5.75 Å². The third kappa shape index (κ3) is 1.61. The second-order valence-electron chi connectivity index (χ2n) is 5.33. The molecule has 1 heterocycles. The first-order chi connectivity index (χ1) is 7.78. The average Bonchev–Trinajstić information content (AvgIpc) is 2.29. The van der Waals surface area contributed by atoms with E-state index in [1.54, 1.807) is 6.07 Å². The Morgan fingerprint density at radius 3 is 3.12 bits per heavy atom. The summed E-state index contributed by atoms with van der Waals surface area (Å²) < 4.78 is 0. The lowest BCUT2D eigenvalue weighted by atomic mass is 9.64. The molecular weight excluding hydrogens is 198 g/mol. The van der Waals surface area contributed by atoms with Crippen molar-refractivity contribution in [2.45, 2.75) is 43.6 Å². The summed E-state index contributed by atoms with van der Waals surface area (Å²) in [5.74, 6) is 0.410. The molecule has 0 amide bonds. The van der Waals surface area contributed by atoms with Crippen LogP contribution in [0.2, 0.25) is 0 Å². The summed E-state index contributed by atoms with van der Waals surface area (Å²) >= 11 is 0. The summed E-state index contributed by atoms with van der Waals surface area (Å²) in [6, 6.07) is 8.60. The van der Waals surface area contributed by atoms with Crippen molar-refractivity contribution in [1.82, 2.24) is 5.32 Å². The zero-order valence-corrected chi connectivity index (χ0v) is 9.58. The molecule has 2 bridgehead atoms. The first-order valence-electron chi connectivity index (χ1n) is 6.31. The monoisotopic (exact) mass is 217 g/mol. The minimum atomic E-state index is 0.340. The third-order valence-corrected chi connectivity index (χ3v) is 4.34. The van der Waals surface area contributed by atoms with Gasteiger partial charge in [-0.05, 0) is 55.3 Å². The highest BCUT2D eigenvalue weighted by Gasteiger charge is 2.40. The van der Waals surface area contributed by atoms with Crippen LogP contribution in [0, 0.1) is 0 Å². The molecule has 2 nitrogen and oxygen atoms in total. The van der Waals surface area contributed by atoms with Gasteiger partial charge in [0.2, 0.25) is 0 Å². The van der Waals surface area contributed by atoms with Crippen LogP contribution < -0.4 is 5.32 Å². The van der Waals surface area contributed by atoms with Gasteiger partial charge in [0, 0.05) is 6.04 Å². The Balaban J connectivity index is 1.96. The van der Waals surface area contributed by atoms with Crippen LogP contribution in [0.1, 0.15) is 37.7 Å². The number of phenolic OH excluding ortho intramolecular Hbond substituents is 1. The van der Waals surface area contributed by atoms with Gasteiger partial charge in [0.15, 0.2) is 0 Å². The largest absolute Gasteiger partial charge is 0.508 e. The number of piperidine rings is 1. The van der Waals surface area contributed by atoms with Crippen LogP contribution in [0.4, 0.5) is 0 Å². The van der Waals surface area contributed by atoms with Crippen LogP contribution in [-0.4, -0.2) is 17.7 Å². The summed E-state index contributed by atoms with van der Waals surface area (Å²) in [6.45, 7) is 1.13. The molecule has 1 aliphatic carbocycles. The fourth-order valence-electron chi connectivity index (χ4n) is 3.52. The van der Waals surface area contributed by atoms with Crippen molar-refractivity contribution in [2.24, 2.45) is 0 Å². The van der Waals surface area contributed by atoms with Crippen LogP contribution in [-0.2, 0) is 5.41 Å². The van der Waals surface area contributed by atoms with E-state index >= 15 is 0 Å². The summed E-state index contributed by atoms with van der Waals surface area (Å²) in [4.78, 5) is 0. The Hall–Kier alpha value is -1.02. The van der Waals surface area contributed by atoms with E-state index in [-0.39, 0.29) is 0 Å². The summed E-state index contributed by atoms with van der Waals surface area (Å²) in [5.41, 5.74) is 1.69. The van der Waals surface area contributed by atoms with Crippen molar-refractivity contribution in [2.75, 3.05) is 6.54 Å². The van der Waals surface area contributed by atoms with E-state index in [9.17, 15) is 5.11 Å². The SMILES string of the molecule is Oc1cccc([C@@]23CCC[C@@H](C2)NCC3)c1. The predicted octanol–water partition coefficient (Wildman–Crippen LogP) is 2.57. The summed E-state index contributed by atoms with van der Waals surface area (Å²) in [6.07, 6.45) is 6.38. The Kier molecular flexibility index (Phi) is 2.40. The molecule has 0 aromatic heterocycles. The maximum Gasteiger partial charge on any atom is 0.115 e. The Morgan fingerprint density at radius 2 is 2.25 bits per heavy atom. The van der Waals surface area contributed by atoms with Gasteiger partial charge in [-0.2, -0.15) is 0 Å². The first kappa shape index (κ1) is 10.2. The van der Waals surface area contributed by atoms with Crippen LogP contribution in [0.5, 0.6) is 5.75 Å². The smallest absolute Gasteiger partial charge is 0.115 e. The van der Waals surface area contributed by atoms with Crippen molar-refractivity contribution < 1.29 is 5.11 Å². The summed E-state index contributed by atoms with van der Waals surface area (Å²) in [7, 11) is 0. The Bertz CT molecular complexity index is 378. The molecular formula is C14H19NO. The molecule has 1 aliphatic heterocycles. The van der Waals surface area contributed by atoms with E-state index in [0.717, 1.165) is 6.54 Å². The second-order valence-corrected chi connectivity index (χ2v) is 5.33. The highest BCUT2D eigenvalue weighted by molar-refractivity contribution is 5.34. The number of hydrogen-bond acceptors (Lipinski definition) is 2. The minimum Gasteiger partial charge on any atom is -0.508 e. The number of phenols is 1. The Labute approximate surface area is 96.7 Å². The second kappa shape index (κ2) is 3.77. The molecule has 2 heteroatoms. The third-order valence-electron chi connectivity index (χ3n) is 4.34. The van der Waals surface area contributed by atoms with E-state index < -0.39 is 0 Å². The molecule has 1 aromatic rings. The van der Waals surface area contributed by atoms with E-state index in [1.807, 2.05) is 12.1 Å². The van der Waals surface area contributed by atoms with E-state index in [0.29, 0.717) is 17.2 Å². The van der Waals surface area contributed by atoms with E-state index in [2.05, 4.69) is 11.4 Å². The lowest BCUT2D eigenvalue weighted by Gasteiger charge is -2.46. The quantitative estimate of drug-likeness (QED) is 0.757. The van der Waals surface area contributed by atoms with Gasteiger partial charge in [0.05, 0.1) is 0 Å². The maximum absolute atomic E-state index is 9.62. The number of aromatic hydroxyl groups is 1. The highest BCUT2D eigenvalue weighted by atomic mass is 16.3. The molecule has 2 atom stereocenters. The molecule has 1 saturated heterocycles.